The van der Waals surface area contributed by atoms with E-state index in [1.165, 1.54) is 5.06 Å². The van der Waals surface area contributed by atoms with Gasteiger partial charge >= 0.3 is 0 Å². The fourth-order valence-corrected chi connectivity index (χ4v) is 0.946. The monoisotopic (exact) mass is 204 g/mol. The summed E-state index contributed by atoms with van der Waals surface area (Å²) >= 11 is 5.85. The smallest absolute Gasteiger partial charge is 0.222 e. The Morgan fingerprint density at radius 3 is 2.54 bits per heavy atom. The average molecular weight is 205 g/mol. The number of hydrogen-bond donors (Lipinski definition) is 0. The summed E-state index contributed by atoms with van der Waals surface area (Å²) in [6.07, 6.45) is 3.89. The van der Waals surface area contributed by atoms with Gasteiger partial charge in [-0.1, -0.05) is 19.9 Å². The van der Waals surface area contributed by atoms with Gasteiger partial charge in [-0.15, -0.1) is 0 Å². The van der Waals surface area contributed by atoms with Gasteiger partial charge in [0, 0.05) is 12.7 Å². The van der Waals surface area contributed by atoms with E-state index in [-0.39, 0.29) is 0 Å². The zero-order chi connectivity index (χ0) is 10.3. The maximum absolute atomic E-state index is 5.85. The lowest BCUT2D eigenvalue weighted by Crippen LogP contribution is -2.20. The Bertz CT molecular complexity index is 202. The molecule has 4 heteroatoms. The Morgan fingerprint density at radius 1 is 1.54 bits per heavy atom. The van der Waals surface area contributed by atoms with Crippen molar-refractivity contribution in [2.75, 3.05) is 14.2 Å². The molecule has 0 N–H and O–H groups in total. The first-order valence-electron chi connectivity index (χ1n) is 4.36. The Morgan fingerprint density at radius 2 is 2.15 bits per heavy atom. The van der Waals surface area contributed by atoms with E-state index in [2.05, 4.69) is 11.9 Å². The fourth-order valence-electron chi connectivity index (χ4n) is 0.769. The van der Waals surface area contributed by atoms with Crippen LogP contribution in [0.4, 0.5) is 0 Å². The standard InChI is InChI=1S/C9H17ClN2O/c1-5-7-8(6-2)11-9(10)12(3)13-4/h7H,5-6H2,1-4H3/b8-7+,11-9-. The van der Waals surface area contributed by atoms with Crippen molar-refractivity contribution in [3.8, 4) is 0 Å². The molecular formula is C9H17ClN2O. The van der Waals surface area contributed by atoms with Crippen molar-refractivity contribution in [2.45, 2.75) is 26.7 Å². The van der Waals surface area contributed by atoms with Crippen molar-refractivity contribution in [2.24, 2.45) is 4.99 Å². The molecule has 0 aliphatic rings. The van der Waals surface area contributed by atoms with Crippen LogP contribution in [0.25, 0.3) is 0 Å². The summed E-state index contributed by atoms with van der Waals surface area (Å²) in [7, 11) is 3.26. The molecule has 0 spiro atoms. The minimum Gasteiger partial charge on any atom is -0.275 e. The van der Waals surface area contributed by atoms with E-state index in [1.54, 1.807) is 14.2 Å². The third kappa shape index (κ3) is 4.90. The molecule has 0 bridgehead atoms. The zero-order valence-electron chi connectivity index (χ0n) is 8.67. The molecule has 0 heterocycles. The van der Waals surface area contributed by atoms with Gasteiger partial charge in [-0.05, 0) is 24.4 Å². The van der Waals surface area contributed by atoms with Gasteiger partial charge < -0.3 is 0 Å². The van der Waals surface area contributed by atoms with Crippen molar-refractivity contribution >= 4 is 16.9 Å². The first-order valence-corrected chi connectivity index (χ1v) is 4.74. The average Bonchev–Trinajstić information content (AvgIpc) is 2.15. The number of rotatable bonds is 4. The summed E-state index contributed by atoms with van der Waals surface area (Å²) in [6, 6.07) is 0. The van der Waals surface area contributed by atoms with Gasteiger partial charge in [0.2, 0.25) is 5.29 Å². The molecule has 0 unspecified atom stereocenters. The molecule has 0 radical (unpaired) electrons. The maximum Gasteiger partial charge on any atom is 0.222 e. The number of halogens is 1. The Balaban J connectivity index is 4.41. The number of nitrogens with zero attached hydrogens (tertiary/aromatic N) is 2. The van der Waals surface area contributed by atoms with Gasteiger partial charge in [-0.3, -0.25) is 4.84 Å². The molecule has 0 saturated carbocycles. The van der Waals surface area contributed by atoms with E-state index in [0.29, 0.717) is 5.29 Å². The van der Waals surface area contributed by atoms with Crippen LogP contribution in [0.2, 0.25) is 0 Å². The van der Waals surface area contributed by atoms with Crippen molar-refractivity contribution in [3.63, 3.8) is 0 Å². The van der Waals surface area contributed by atoms with Crippen molar-refractivity contribution in [3.05, 3.63) is 11.8 Å². The molecule has 76 valence electrons. The molecule has 0 aromatic heterocycles. The van der Waals surface area contributed by atoms with Gasteiger partial charge in [0.1, 0.15) is 0 Å². The number of allylic oxidation sites excluding steroid dienone is 2. The van der Waals surface area contributed by atoms with Gasteiger partial charge in [0.15, 0.2) is 0 Å². The third-order valence-electron chi connectivity index (χ3n) is 1.57. The molecule has 3 nitrogen and oxygen atoms in total. The van der Waals surface area contributed by atoms with E-state index in [9.17, 15) is 0 Å². The molecule has 0 aromatic rings. The van der Waals surface area contributed by atoms with Gasteiger partial charge in [0.25, 0.3) is 0 Å². The summed E-state index contributed by atoms with van der Waals surface area (Å²) in [5.74, 6) is 0. The van der Waals surface area contributed by atoms with Crippen LogP contribution < -0.4 is 0 Å². The Labute approximate surface area is 85.0 Å². The molecular weight excluding hydrogens is 188 g/mol. The summed E-state index contributed by atoms with van der Waals surface area (Å²) < 4.78 is 0. The highest BCUT2D eigenvalue weighted by Gasteiger charge is 2.01. The van der Waals surface area contributed by atoms with Crippen molar-refractivity contribution in [1.29, 1.82) is 0 Å². The number of amidine groups is 1. The topological polar surface area (TPSA) is 24.8 Å². The highest BCUT2D eigenvalue weighted by Crippen LogP contribution is 2.07. The lowest BCUT2D eigenvalue weighted by atomic mass is 10.3. The third-order valence-corrected chi connectivity index (χ3v) is 1.89. The number of aliphatic imine (C=N–C) groups is 1. The van der Waals surface area contributed by atoms with Crippen LogP contribution in [-0.4, -0.2) is 24.5 Å². The van der Waals surface area contributed by atoms with Crippen LogP contribution in [0.5, 0.6) is 0 Å². The van der Waals surface area contributed by atoms with Crippen LogP contribution in [-0.2, 0) is 4.84 Å². The lowest BCUT2D eigenvalue weighted by molar-refractivity contribution is -0.0388. The van der Waals surface area contributed by atoms with Crippen LogP contribution in [0.15, 0.2) is 16.8 Å². The zero-order valence-corrected chi connectivity index (χ0v) is 9.43. The first-order chi connectivity index (χ1) is 6.15. The summed E-state index contributed by atoms with van der Waals surface area (Å²) in [4.78, 5) is 9.08. The van der Waals surface area contributed by atoms with E-state index in [0.717, 1.165) is 18.5 Å². The lowest BCUT2D eigenvalue weighted by Gasteiger charge is -2.12. The summed E-state index contributed by atoms with van der Waals surface area (Å²) in [5, 5.41) is 1.77. The SMILES string of the molecule is CC/C=C(CC)/N=C(/Cl)N(C)OC. The molecule has 0 aromatic carbocycles. The minimum atomic E-state index is 0.351. The van der Waals surface area contributed by atoms with Gasteiger partial charge in [0.05, 0.1) is 7.11 Å². The van der Waals surface area contributed by atoms with Crippen molar-refractivity contribution in [1.82, 2.24) is 5.06 Å². The highest BCUT2D eigenvalue weighted by molar-refractivity contribution is 6.64. The van der Waals surface area contributed by atoms with Crippen LogP contribution in [0.1, 0.15) is 26.7 Å². The van der Waals surface area contributed by atoms with E-state index in [4.69, 9.17) is 16.4 Å². The second kappa shape index (κ2) is 6.92. The van der Waals surface area contributed by atoms with Crippen LogP contribution >= 0.6 is 11.6 Å². The Hall–Kier alpha value is -0.540. The first kappa shape index (κ1) is 12.5. The molecule has 0 aliphatic heterocycles. The molecule has 13 heavy (non-hydrogen) atoms. The highest BCUT2D eigenvalue weighted by atomic mass is 35.5. The predicted octanol–water partition coefficient (Wildman–Crippen LogP) is 2.78. The summed E-state index contributed by atoms with van der Waals surface area (Å²) in [6.45, 7) is 4.11. The van der Waals surface area contributed by atoms with E-state index >= 15 is 0 Å². The fraction of sp³-hybridized carbons (Fsp3) is 0.667. The summed E-state index contributed by atoms with van der Waals surface area (Å²) in [5.41, 5.74) is 0.983. The maximum atomic E-state index is 5.85. The molecule has 0 fully saturated rings. The van der Waals surface area contributed by atoms with Crippen LogP contribution in [0.3, 0.4) is 0 Å². The molecule has 0 saturated heterocycles. The van der Waals surface area contributed by atoms with E-state index in [1.807, 2.05) is 13.0 Å². The van der Waals surface area contributed by atoms with Gasteiger partial charge in [-0.25, -0.2) is 10.1 Å². The second-order valence-corrected chi connectivity index (χ2v) is 2.86. The van der Waals surface area contributed by atoms with Crippen molar-refractivity contribution < 1.29 is 4.84 Å². The van der Waals surface area contributed by atoms with Gasteiger partial charge in [-0.2, -0.15) is 0 Å². The molecule has 0 atom stereocenters. The second-order valence-electron chi connectivity index (χ2n) is 2.52. The predicted molar refractivity (Wildman–Crippen MR) is 56.7 cm³/mol. The quantitative estimate of drug-likeness (QED) is 0.305. The van der Waals surface area contributed by atoms with E-state index < -0.39 is 0 Å². The molecule has 0 aliphatic carbocycles. The molecule has 0 amide bonds. The normalized spacial score (nSPS) is 13.3. The number of hydrogen-bond acceptors (Lipinski definition) is 2. The van der Waals surface area contributed by atoms with Crippen LogP contribution in [0, 0.1) is 0 Å². The minimum absolute atomic E-state index is 0.351. The molecule has 0 rings (SSSR count). The Kier molecular flexibility index (Phi) is 6.63. The largest absolute Gasteiger partial charge is 0.275 e. The number of hydroxylamine groups is 2.